The summed E-state index contributed by atoms with van der Waals surface area (Å²) in [6, 6.07) is 15.3. The highest BCUT2D eigenvalue weighted by Gasteiger charge is 2.17. The molecular formula is C22H26N4O2. The topological polar surface area (TPSA) is 97.1 Å². The first kappa shape index (κ1) is 19.4. The SMILES string of the molecule is NC(N)=NCCCCCN1C=COC(c2cccc(O)c2-c2ccccc2)=C1. The molecule has 0 aromatic heterocycles. The molecule has 2 aromatic rings. The van der Waals surface area contributed by atoms with Crippen molar-refractivity contribution in [1.82, 2.24) is 4.90 Å². The van der Waals surface area contributed by atoms with Gasteiger partial charge in [0.2, 0.25) is 0 Å². The van der Waals surface area contributed by atoms with Crippen LogP contribution in [0.4, 0.5) is 0 Å². The number of guanidine groups is 1. The van der Waals surface area contributed by atoms with E-state index in [0.29, 0.717) is 12.3 Å². The maximum atomic E-state index is 10.5. The van der Waals surface area contributed by atoms with Gasteiger partial charge in [-0.2, -0.15) is 0 Å². The van der Waals surface area contributed by atoms with E-state index in [2.05, 4.69) is 9.89 Å². The fourth-order valence-electron chi connectivity index (χ4n) is 3.12. The Labute approximate surface area is 165 Å². The van der Waals surface area contributed by atoms with Gasteiger partial charge in [0.1, 0.15) is 12.0 Å². The standard InChI is InChI=1S/C22H26N4O2/c23-22(24)25-12-5-2-6-13-26-14-15-28-20(16-26)18-10-7-11-19(27)21(18)17-8-3-1-4-9-17/h1,3-4,7-11,14-16,27H,2,5-6,12-13H2,(H4,23,24,25). The van der Waals surface area contributed by atoms with Crippen molar-refractivity contribution in [3.05, 3.63) is 72.8 Å². The zero-order valence-electron chi connectivity index (χ0n) is 15.8. The van der Waals surface area contributed by atoms with Crippen LogP contribution in [0, 0.1) is 0 Å². The molecule has 0 aliphatic carbocycles. The van der Waals surface area contributed by atoms with E-state index in [1.54, 1.807) is 12.3 Å². The third kappa shape index (κ3) is 5.07. The van der Waals surface area contributed by atoms with Crippen molar-refractivity contribution in [3.8, 4) is 16.9 Å². The molecule has 0 amide bonds. The summed E-state index contributed by atoms with van der Waals surface area (Å²) in [5.74, 6) is 1.08. The number of rotatable bonds is 8. The van der Waals surface area contributed by atoms with Crippen LogP contribution in [0.5, 0.6) is 5.75 Å². The van der Waals surface area contributed by atoms with Gasteiger partial charge in [-0.1, -0.05) is 42.5 Å². The number of nitrogens with zero attached hydrogens (tertiary/aromatic N) is 2. The summed E-state index contributed by atoms with van der Waals surface area (Å²) < 4.78 is 5.76. The Hall–Kier alpha value is -3.41. The maximum absolute atomic E-state index is 10.5. The lowest BCUT2D eigenvalue weighted by molar-refractivity contribution is 0.367. The predicted molar refractivity (Wildman–Crippen MR) is 113 cm³/mol. The van der Waals surface area contributed by atoms with Crippen LogP contribution in [0.25, 0.3) is 16.9 Å². The fourth-order valence-corrected chi connectivity index (χ4v) is 3.12. The van der Waals surface area contributed by atoms with Crippen molar-refractivity contribution in [2.75, 3.05) is 13.1 Å². The molecule has 146 valence electrons. The minimum Gasteiger partial charge on any atom is -0.507 e. The number of aliphatic imine (C=N–C) groups is 1. The number of aromatic hydroxyl groups is 1. The molecule has 2 aromatic carbocycles. The summed E-state index contributed by atoms with van der Waals surface area (Å²) in [6.07, 6.45) is 8.55. The van der Waals surface area contributed by atoms with Crippen LogP contribution in [0.2, 0.25) is 0 Å². The van der Waals surface area contributed by atoms with E-state index in [9.17, 15) is 5.11 Å². The molecule has 6 heteroatoms. The number of phenols is 1. The van der Waals surface area contributed by atoms with Crippen molar-refractivity contribution in [1.29, 1.82) is 0 Å². The Kier molecular flexibility index (Phi) is 6.57. The summed E-state index contributed by atoms with van der Waals surface area (Å²) >= 11 is 0. The molecule has 0 atom stereocenters. The minimum absolute atomic E-state index is 0.143. The van der Waals surface area contributed by atoms with Gasteiger partial charge in [0.25, 0.3) is 0 Å². The Morgan fingerprint density at radius 1 is 1.00 bits per heavy atom. The molecule has 5 N–H and O–H groups in total. The van der Waals surface area contributed by atoms with Crippen LogP contribution in [0.1, 0.15) is 24.8 Å². The number of nitrogens with two attached hydrogens (primary N) is 2. The molecule has 6 nitrogen and oxygen atoms in total. The van der Waals surface area contributed by atoms with Crippen LogP contribution in [0.3, 0.4) is 0 Å². The summed E-state index contributed by atoms with van der Waals surface area (Å²) in [4.78, 5) is 6.09. The maximum Gasteiger partial charge on any atom is 0.185 e. The first-order valence-electron chi connectivity index (χ1n) is 9.39. The van der Waals surface area contributed by atoms with E-state index in [0.717, 1.165) is 42.5 Å². The van der Waals surface area contributed by atoms with Crippen LogP contribution in [0.15, 0.2) is 72.2 Å². The van der Waals surface area contributed by atoms with Gasteiger partial charge < -0.3 is 26.2 Å². The van der Waals surface area contributed by atoms with Gasteiger partial charge in [-0.3, -0.25) is 4.99 Å². The molecule has 1 aliphatic rings. The van der Waals surface area contributed by atoms with E-state index in [1.165, 1.54) is 0 Å². The molecule has 0 saturated carbocycles. The van der Waals surface area contributed by atoms with E-state index < -0.39 is 0 Å². The highest BCUT2D eigenvalue weighted by molar-refractivity contribution is 5.83. The number of hydrogen-bond donors (Lipinski definition) is 3. The van der Waals surface area contributed by atoms with Crippen molar-refractivity contribution >= 4 is 11.7 Å². The Balaban J connectivity index is 1.70. The van der Waals surface area contributed by atoms with Crippen LogP contribution >= 0.6 is 0 Å². The molecule has 28 heavy (non-hydrogen) atoms. The molecule has 0 saturated heterocycles. The lowest BCUT2D eigenvalue weighted by Gasteiger charge is -2.23. The number of phenolic OH excluding ortho intramolecular Hbond substituents is 1. The molecule has 1 aliphatic heterocycles. The van der Waals surface area contributed by atoms with Gasteiger partial charge in [0.05, 0.1) is 0 Å². The zero-order valence-corrected chi connectivity index (χ0v) is 15.8. The Bertz CT molecular complexity index is 871. The largest absolute Gasteiger partial charge is 0.507 e. The van der Waals surface area contributed by atoms with Gasteiger partial charge in [0.15, 0.2) is 11.7 Å². The summed E-state index contributed by atoms with van der Waals surface area (Å²) in [7, 11) is 0. The van der Waals surface area contributed by atoms with Crippen LogP contribution < -0.4 is 11.5 Å². The number of hydrogen-bond acceptors (Lipinski definition) is 4. The smallest absolute Gasteiger partial charge is 0.185 e. The third-order valence-electron chi connectivity index (χ3n) is 4.47. The molecule has 0 radical (unpaired) electrons. The highest BCUT2D eigenvalue weighted by Crippen LogP contribution is 2.37. The first-order valence-corrected chi connectivity index (χ1v) is 9.39. The lowest BCUT2D eigenvalue weighted by atomic mass is 9.97. The molecule has 3 rings (SSSR count). The molecular weight excluding hydrogens is 352 g/mol. The second-order valence-electron chi connectivity index (χ2n) is 6.57. The minimum atomic E-state index is 0.143. The number of benzene rings is 2. The number of ether oxygens (including phenoxy) is 1. The Morgan fingerprint density at radius 3 is 2.61 bits per heavy atom. The monoisotopic (exact) mass is 378 g/mol. The van der Waals surface area contributed by atoms with Crippen molar-refractivity contribution in [2.45, 2.75) is 19.3 Å². The summed E-state index contributed by atoms with van der Waals surface area (Å²) in [5.41, 5.74) is 13.2. The van der Waals surface area contributed by atoms with Gasteiger partial charge in [-0.05, 0) is 30.9 Å². The quantitative estimate of drug-likeness (QED) is 0.370. The fraction of sp³-hybridized carbons (Fsp3) is 0.227. The van der Waals surface area contributed by atoms with Gasteiger partial charge >= 0.3 is 0 Å². The third-order valence-corrected chi connectivity index (χ3v) is 4.47. The Morgan fingerprint density at radius 2 is 1.82 bits per heavy atom. The van der Waals surface area contributed by atoms with Crippen molar-refractivity contribution < 1.29 is 9.84 Å². The second kappa shape index (κ2) is 9.50. The number of unbranched alkanes of at least 4 members (excludes halogenated alkanes) is 2. The van der Waals surface area contributed by atoms with Crippen molar-refractivity contribution in [2.24, 2.45) is 16.5 Å². The van der Waals surface area contributed by atoms with Crippen LogP contribution in [-0.2, 0) is 4.74 Å². The van der Waals surface area contributed by atoms with Gasteiger partial charge in [-0.15, -0.1) is 0 Å². The van der Waals surface area contributed by atoms with Gasteiger partial charge in [0, 0.05) is 36.6 Å². The van der Waals surface area contributed by atoms with Crippen molar-refractivity contribution in [3.63, 3.8) is 0 Å². The molecule has 0 unspecified atom stereocenters. The van der Waals surface area contributed by atoms with E-state index in [4.69, 9.17) is 16.2 Å². The van der Waals surface area contributed by atoms with Gasteiger partial charge in [-0.25, -0.2) is 0 Å². The van der Waals surface area contributed by atoms with E-state index >= 15 is 0 Å². The molecule has 0 fully saturated rings. The average Bonchev–Trinajstić information content (AvgIpc) is 2.71. The zero-order chi connectivity index (χ0) is 19.8. The lowest BCUT2D eigenvalue weighted by Crippen LogP contribution is -2.23. The highest BCUT2D eigenvalue weighted by atomic mass is 16.5. The normalized spacial score (nSPS) is 13.0. The molecule has 0 bridgehead atoms. The van der Waals surface area contributed by atoms with E-state index in [1.807, 2.05) is 54.9 Å². The summed E-state index contributed by atoms with van der Waals surface area (Å²) in [5, 5.41) is 10.5. The first-order chi connectivity index (χ1) is 13.6. The molecule has 1 heterocycles. The molecule has 0 spiro atoms. The predicted octanol–water partition coefficient (Wildman–Crippen LogP) is 3.60. The average molecular weight is 378 g/mol. The summed E-state index contributed by atoms with van der Waals surface area (Å²) in [6.45, 7) is 1.52. The van der Waals surface area contributed by atoms with E-state index in [-0.39, 0.29) is 11.7 Å². The van der Waals surface area contributed by atoms with Crippen LogP contribution in [-0.4, -0.2) is 29.1 Å². The second-order valence-corrected chi connectivity index (χ2v) is 6.57.